The van der Waals surface area contributed by atoms with Gasteiger partial charge in [0.05, 0.1) is 0 Å². The highest BCUT2D eigenvalue weighted by molar-refractivity contribution is 5.80. The number of nitrogens with zero attached hydrogens (tertiary/aromatic N) is 1. The molecule has 3 aromatic rings. The number of urea groups is 1. The molecule has 1 aliphatic rings. The van der Waals surface area contributed by atoms with E-state index in [1.165, 1.54) is 27.7 Å². The summed E-state index contributed by atoms with van der Waals surface area (Å²) in [5, 5.41) is 4.34. The molecule has 1 aliphatic heterocycles. The monoisotopic (exact) mass is 361 g/mol. The number of aromatic nitrogens is 1. The van der Waals surface area contributed by atoms with Gasteiger partial charge in [0.25, 0.3) is 0 Å². The minimum Gasteiger partial charge on any atom is -0.358 e. The number of hydrogen-bond acceptors (Lipinski definition) is 1. The van der Waals surface area contributed by atoms with Crippen LogP contribution in [-0.2, 0) is 6.42 Å². The van der Waals surface area contributed by atoms with E-state index in [4.69, 9.17) is 0 Å². The molecule has 2 aromatic carbocycles. The smallest absolute Gasteiger partial charge is 0.317 e. The summed E-state index contributed by atoms with van der Waals surface area (Å²) in [5.41, 5.74) is 5.03. The number of nitrogens with one attached hydrogen (secondary N) is 2. The number of carbonyl (C=O) groups excluding carboxylic acids is 1. The fraction of sp³-hybridized carbons (Fsp3) is 0.348. The van der Waals surface area contributed by atoms with Crippen LogP contribution in [0.3, 0.4) is 0 Å². The average molecular weight is 361 g/mol. The zero-order valence-electron chi connectivity index (χ0n) is 15.9. The van der Waals surface area contributed by atoms with Crippen molar-refractivity contribution in [3.63, 3.8) is 0 Å². The number of piperidine rings is 1. The van der Waals surface area contributed by atoms with Crippen LogP contribution in [0.15, 0.2) is 54.6 Å². The molecule has 4 heteroatoms. The molecule has 0 unspecified atom stereocenters. The lowest BCUT2D eigenvalue weighted by Crippen LogP contribution is -2.44. The van der Waals surface area contributed by atoms with Gasteiger partial charge >= 0.3 is 6.03 Å². The zero-order chi connectivity index (χ0) is 18.6. The molecule has 2 heterocycles. The van der Waals surface area contributed by atoms with Crippen LogP contribution in [0, 0.1) is 6.92 Å². The molecule has 2 N–H and O–H groups in total. The Labute approximate surface area is 160 Å². The predicted molar refractivity (Wildman–Crippen MR) is 110 cm³/mol. The van der Waals surface area contributed by atoms with Crippen molar-refractivity contribution in [1.82, 2.24) is 15.2 Å². The molecule has 0 spiro atoms. The number of aromatic amines is 1. The Morgan fingerprint density at radius 2 is 1.93 bits per heavy atom. The first-order valence-electron chi connectivity index (χ1n) is 9.85. The van der Waals surface area contributed by atoms with E-state index in [2.05, 4.69) is 71.8 Å². The second-order valence-electron chi connectivity index (χ2n) is 7.54. The van der Waals surface area contributed by atoms with Gasteiger partial charge in [-0.25, -0.2) is 4.79 Å². The maximum absolute atomic E-state index is 12.4. The Bertz CT molecular complexity index is 889. The van der Waals surface area contributed by atoms with E-state index in [-0.39, 0.29) is 6.03 Å². The van der Waals surface area contributed by atoms with Gasteiger partial charge in [0.1, 0.15) is 0 Å². The number of benzene rings is 2. The molecule has 0 saturated carbocycles. The highest BCUT2D eigenvalue weighted by atomic mass is 16.2. The Hall–Kier alpha value is -2.75. The maximum Gasteiger partial charge on any atom is 0.317 e. The number of fused-ring (bicyclic) bond motifs is 1. The first-order chi connectivity index (χ1) is 13.2. The molecule has 0 radical (unpaired) electrons. The molecule has 27 heavy (non-hydrogen) atoms. The minimum absolute atomic E-state index is 0.0674. The van der Waals surface area contributed by atoms with Crippen LogP contribution >= 0.6 is 0 Å². The molecule has 0 aliphatic carbocycles. The van der Waals surface area contributed by atoms with Crippen molar-refractivity contribution in [3.8, 4) is 0 Å². The number of carbonyl (C=O) groups is 1. The highest BCUT2D eigenvalue weighted by Crippen LogP contribution is 2.29. The van der Waals surface area contributed by atoms with E-state index in [0.29, 0.717) is 12.5 Å². The summed E-state index contributed by atoms with van der Waals surface area (Å²) in [5.74, 6) is 0.508. The molecule has 140 valence electrons. The highest BCUT2D eigenvalue weighted by Gasteiger charge is 2.24. The van der Waals surface area contributed by atoms with E-state index >= 15 is 0 Å². The van der Waals surface area contributed by atoms with Crippen molar-refractivity contribution < 1.29 is 4.79 Å². The standard InChI is InChI=1S/C23H27N3O/c1-17-5-4-6-18(15-17)9-12-24-23(27)26-13-10-19(11-14-26)22-16-20-7-2-3-8-21(20)25-22/h2-8,15-16,19,25H,9-14H2,1H3,(H,24,27). The summed E-state index contributed by atoms with van der Waals surface area (Å²) in [6, 6.07) is 19.2. The molecule has 1 fully saturated rings. The van der Waals surface area contributed by atoms with Gasteiger partial charge in [-0.05, 0) is 49.3 Å². The summed E-state index contributed by atoms with van der Waals surface area (Å²) >= 11 is 0. The van der Waals surface area contributed by atoms with Gasteiger partial charge in [-0.3, -0.25) is 0 Å². The number of aryl methyl sites for hydroxylation is 1. The summed E-state index contributed by atoms with van der Waals surface area (Å²) in [4.78, 5) is 17.9. The second-order valence-corrected chi connectivity index (χ2v) is 7.54. The Morgan fingerprint density at radius 1 is 1.11 bits per heavy atom. The van der Waals surface area contributed by atoms with Crippen molar-refractivity contribution in [2.24, 2.45) is 0 Å². The van der Waals surface area contributed by atoms with Gasteiger partial charge in [0.2, 0.25) is 0 Å². The van der Waals surface area contributed by atoms with Gasteiger partial charge in [-0.15, -0.1) is 0 Å². The summed E-state index contributed by atoms with van der Waals surface area (Å²) < 4.78 is 0. The second kappa shape index (κ2) is 7.87. The van der Waals surface area contributed by atoms with E-state index < -0.39 is 0 Å². The molecule has 1 aromatic heterocycles. The number of rotatable bonds is 4. The Balaban J connectivity index is 1.26. The van der Waals surface area contributed by atoms with Gasteiger partial charge in [0, 0.05) is 36.8 Å². The number of H-pyrrole nitrogens is 1. The largest absolute Gasteiger partial charge is 0.358 e. The number of amides is 2. The molecule has 1 saturated heterocycles. The molecular formula is C23H27N3O. The quantitative estimate of drug-likeness (QED) is 0.700. The third-order valence-electron chi connectivity index (χ3n) is 5.55. The molecular weight excluding hydrogens is 334 g/mol. The lowest BCUT2D eigenvalue weighted by Gasteiger charge is -2.31. The molecule has 0 atom stereocenters. The van der Waals surface area contributed by atoms with Gasteiger partial charge in [-0.2, -0.15) is 0 Å². The van der Waals surface area contributed by atoms with Gasteiger partial charge in [-0.1, -0.05) is 48.0 Å². The van der Waals surface area contributed by atoms with Crippen LogP contribution in [0.4, 0.5) is 4.79 Å². The van der Waals surface area contributed by atoms with Crippen LogP contribution in [0.25, 0.3) is 10.9 Å². The third kappa shape index (κ3) is 4.16. The normalized spacial score (nSPS) is 15.2. The van der Waals surface area contributed by atoms with Crippen molar-refractivity contribution in [2.75, 3.05) is 19.6 Å². The Kier molecular flexibility index (Phi) is 5.14. The molecule has 4 nitrogen and oxygen atoms in total. The maximum atomic E-state index is 12.4. The zero-order valence-corrected chi connectivity index (χ0v) is 15.9. The molecule has 4 rings (SSSR count). The van der Waals surface area contributed by atoms with Crippen molar-refractivity contribution in [2.45, 2.75) is 32.1 Å². The first kappa shape index (κ1) is 17.7. The van der Waals surface area contributed by atoms with Crippen LogP contribution < -0.4 is 5.32 Å². The van der Waals surface area contributed by atoms with Crippen molar-refractivity contribution >= 4 is 16.9 Å². The number of hydrogen-bond donors (Lipinski definition) is 2. The number of para-hydroxylation sites is 1. The van der Waals surface area contributed by atoms with Crippen LogP contribution in [0.5, 0.6) is 0 Å². The summed E-state index contributed by atoms with van der Waals surface area (Å²) in [6.07, 6.45) is 2.90. The van der Waals surface area contributed by atoms with E-state index in [1.807, 2.05) is 4.90 Å². The fourth-order valence-corrected chi connectivity index (χ4v) is 4.00. The van der Waals surface area contributed by atoms with E-state index in [0.717, 1.165) is 32.4 Å². The lowest BCUT2D eigenvalue weighted by molar-refractivity contribution is 0.181. The van der Waals surface area contributed by atoms with E-state index in [1.54, 1.807) is 0 Å². The van der Waals surface area contributed by atoms with Gasteiger partial charge < -0.3 is 15.2 Å². The SMILES string of the molecule is Cc1cccc(CCNC(=O)N2CCC(c3cc4ccccc4[nH]3)CC2)c1. The fourth-order valence-electron chi connectivity index (χ4n) is 4.00. The summed E-state index contributed by atoms with van der Waals surface area (Å²) in [6.45, 7) is 4.41. The third-order valence-corrected chi connectivity index (χ3v) is 5.55. The first-order valence-corrected chi connectivity index (χ1v) is 9.85. The Morgan fingerprint density at radius 3 is 2.70 bits per heavy atom. The van der Waals surface area contributed by atoms with Gasteiger partial charge in [0.15, 0.2) is 0 Å². The molecule has 0 bridgehead atoms. The topological polar surface area (TPSA) is 48.1 Å². The predicted octanol–water partition coefficient (Wildman–Crippen LogP) is 4.61. The van der Waals surface area contributed by atoms with Crippen LogP contribution in [-0.4, -0.2) is 35.5 Å². The average Bonchev–Trinajstić information content (AvgIpc) is 3.12. The minimum atomic E-state index is 0.0674. The van der Waals surface area contributed by atoms with Crippen LogP contribution in [0.2, 0.25) is 0 Å². The lowest BCUT2D eigenvalue weighted by atomic mass is 9.94. The summed E-state index contributed by atoms with van der Waals surface area (Å²) in [7, 11) is 0. The van der Waals surface area contributed by atoms with Crippen molar-refractivity contribution in [1.29, 1.82) is 0 Å². The van der Waals surface area contributed by atoms with Crippen molar-refractivity contribution in [3.05, 3.63) is 71.4 Å². The number of likely N-dealkylation sites (tertiary alicyclic amines) is 1. The van der Waals surface area contributed by atoms with E-state index in [9.17, 15) is 4.79 Å². The molecule has 2 amide bonds. The van der Waals surface area contributed by atoms with Crippen LogP contribution in [0.1, 0.15) is 35.6 Å².